The third-order valence-corrected chi connectivity index (χ3v) is 5.27. The molecule has 1 aromatic heterocycles. The van der Waals surface area contributed by atoms with Gasteiger partial charge in [-0.25, -0.2) is 0 Å². The lowest BCUT2D eigenvalue weighted by Crippen LogP contribution is -2.49. The number of carbonyl (C=O) groups is 1. The van der Waals surface area contributed by atoms with Crippen molar-refractivity contribution in [1.82, 2.24) is 20.1 Å². The minimum atomic E-state index is 0.118. The number of pyridine rings is 1. The Morgan fingerprint density at radius 1 is 1.18 bits per heavy atom. The van der Waals surface area contributed by atoms with Crippen LogP contribution in [0.5, 0.6) is 0 Å². The molecule has 1 N–H and O–H groups in total. The monoisotopic (exact) mass is 380 g/mol. The van der Waals surface area contributed by atoms with Crippen LogP contribution in [0.25, 0.3) is 0 Å². The van der Waals surface area contributed by atoms with Gasteiger partial charge in [-0.1, -0.05) is 30.3 Å². The molecule has 1 saturated heterocycles. The van der Waals surface area contributed by atoms with Crippen molar-refractivity contribution < 1.29 is 4.79 Å². The Hall–Kier alpha value is -2.24. The lowest BCUT2D eigenvalue weighted by molar-refractivity contribution is -0.123. The minimum Gasteiger partial charge on any atom is -0.351 e. The van der Waals surface area contributed by atoms with Crippen LogP contribution in [0, 0.1) is 0 Å². The van der Waals surface area contributed by atoms with Gasteiger partial charge >= 0.3 is 0 Å². The lowest BCUT2D eigenvalue weighted by Gasteiger charge is -2.33. The van der Waals surface area contributed by atoms with Crippen molar-refractivity contribution in [2.24, 2.45) is 0 Å². The van der Waals surface area contributed by atoms with Gasteiger partial charge in [0.15, 0.2) is 0 Å². The Morgan fingerprint density at radius 2 is 1.96 bits per heavy atom. The van der Waals surface area contributed by atoms with Gasteiger partial charge < -0.3 is 10.2 Å². The molecule has 150 valence electrons. The second kappa shape index (κ2) is 10.9. The molecule has 0 saturated carbocycles. The van der Waals surface area contributed by atoms with Crippen LogP contribution in [0.4, 0.5) is 0 Å². The van der Waals surface area contributed by atoms with E-state index in [0.29, 0.717) is 6.54 Å². The maximum absolute atomic E-state index is 12.4. The fourth-order valence-electron chi connectivity index (χ4n) is 3.90. The molecular formula is C23H32N4O. The van der Waals surface area contributed by atoms with E-state index >= 15 is 0 Å². The van der Waals surface area contributed by atoms with E-state index in [2.05, 4.69) is 45.5 Å². The summed E-state index contributed by atoms with van der Waals surface area (Å²) in [5, 5.41) is 3.24. The van der Waals surface area contributed by atoms with Gasteiger partial charge in [-0.3, -0.25) is 14.7 Å². The molecule has 2 heterocycles. The van der Waals surface area contributed by atoms with E-state index in [9.17, 15) is 4.79 Å². The maximum atomic E-state index is 12.4. The summed E-state index contributed by atoms with van der Waals surface area (Å²) in [6.45, 7) is 4.39. The fourth-order valence-corrected chi connectivity index (χ4v) is 3.90. The quantitative estimate of drug-likeness (QED) is 0.727. The molecule has 1 atom stereocenters. The van der Waals surface area contributed by atoms with Gasteiger partial charge in [0.2, 0.25) is 5.91 Å². The van der Waals surface area contributed by atoms with Gasteiger partial charge in [0.05, 0.1) is 6.54 Å². The summed E-state index contributed by atoms with van der Waals surface area (Å²) >= 11 is 0. The largest absolute Gasteiger partial charge is 0.351 e. The Kier molecular flexibility index (Phi) is 8.00. The topological polar surface area (TPSA) is 48.5 Å². The number of hydrogen-bond donors (Lipinski definition) is 1. The van der Waals surface area contributed by atoms with Crippen molar-refractivity contribution in [3.8, 4) is 0 Å². The Morgan fingerprint density at radius 3 is 2.75 bits per heavy atom. The number of aromatic nitrogens is 1. The molecule has 3 rings (SSSR count). The van der Waals surface area contributed by atoms with Crippen LogP contribution in [0.1, 0.15) is 30.4 Å². The molecule has 1 amide bonds. The first-order chi connectivity index (χ1) is 13.7. The fraction of sp³-hybridized carbons (Fsp3) is 0.478. The van der Waals surface area contributed by atoms with Gasteiger partial charge in [0.1, 0.15) is 0 Å². The molecule has 5 nitrogen and oxygen atoms in total. The van der Waals surface area contributed by atoms with Gasteiger partial charge in [0.25, 0.3) is 0 Å². The van der Waals surface area contributed by atoms with Gasteiger partial charge in [-0.15, -0.1) is 0 Å². The van der Waals surface area contributed by atoms with Crippen LogP contribution in [-0.4, -0.2) is 60.0 Å². The maximum Gasteiger partial charge on any atom is 0.234 e. The first-order valence-electron chi connectivity index (χ1n) is 10.3. The van der Waals surface area contributed by atoms with Crippen LogP contribution in [-0.2, 0) is 17.8 Å². The molecule has 1 aromatic carbocycles. The molecule has 0 bridgehead atoms. The average Bonchev–Trinajstić information content (AvgIpc) is 2.69. The second-order valence-corrected chi connectivity index (χ2v) is 7.82. The van der Waals surface area contributed by atoms with Crippen LogP contribution in [0.15, 0.2) is 54.9 Å². The van der Waals surface area contributed by atoms with Crippen LogP contribution in [0.3, 0.4) is 0 Å². The number of benzene rings is 1. The summed E-state index contributed by atoms with van der Waals surface area (Å²) < 4.78 is 0. The molecule has 1 fully saturated rings. The van der Waals surface area contributed by atoms with E-state index in [1.165, 1.54) is 17.5 Å². The first-order valence-corrected chi connectivity index (χ1v) is 10.3. The summed E-state index contributed by atoms with van der Waals surface area (Å²) in [5.41, 5.74) is 2.58. The van der Waals surface area contributed by atoms with Crippen molar-refractivity contribution in [2.75, 3.05) is 33.2 Å². The van der Waals surface area contributed by atoms with E-state index < -0.39 is 0 Å². The van der Waals surface area contributed by atoms with Crippen molar-refractivity contribution >= 4 is 5.91 Å². The molecule has 0 aliphatic carbocycles. The predicted molar refractivity (Wildman–Crippen MR) is 113 cm³/mol. The summed E-state index contributed by atoms with van der Waals surface area (Å²) in [6, 6.07) is 14.9. The summed E-state index contributed by atoms with van der Waals surface area (Å²) in [5.74, 6) is 0.118. The highest BCUT2D eigenvalue weighted by Gasteiger charge is 2.21. The van der Waals surface area contributed by atoms with Gasteiger partial charge in [0, 0.05) is 31.5 Å². The normalized spacial score (nSPS) is 17.6. The molecule has 0 spiro atoms. The van der Waals surface area contributed by atoms with E-state index in [-0.39, 0.29) is 11.9 Å². The Balaban J connectivity index is 1.36. The number of likely N-dealkylation sites (tertiary alicyclic amines) is 1. The van der Waals surface area contributed by atoms with Crippen molar-refractivity contribution in [2.45, 2.75) is 38.3 Å². The highest BCUT2D eigenvalue weighted by molar-refractivity contribution is 5.78. The third kappa shape index (κ3) is 7.06. The molecule has 1 aliphatic rings. The Labute approximate surface area is 168 Å². The number of nitrogens with one attached hydrogen (secondary N) is 1. The summed E-state index contributed by atoms with van der Waals surface area (Å²) in [4.78, 5) is 21.0. The van der Waals surface area contributed by atoms with E-state index in [1.54, 1.807) is 12.4 Å². The molecular weight excluding hydrogens is 348 g/mol. The first kappa shape index (κ1) is 20.5. The number of hydrogen-bond acceptors (Lipinski definition) is 4. The predicted octanol–water partition coefficient (Wildman–Crippen LogP) is 2.73. The molecule has 1 aliphatic heterocycles. The molecule has 2 aromatic rings. The van der Waals surface area contributed by atoms with Crippen LogP contribution >= 0.6 is 0 Å². The smallest absolute Gasteiger partial charge is 0.234 e. The highest BCUT2D eigenvalue weighted by Crippen LogP contribution is 2.12. The standard InChI is InChI=1S/C23H32N4O/c1-26(17-21-11-13-24-14-12-21)19-23(28)25-22-10-6-16-27(18-22)15-5-9-20-7-3-2-4-8-20/h2-4,7-8,11-14,22H,5-6,9-10,15-19H2,1H3,(H,25,28)/t22-/m0/s1. The number of rotatable bonds is 9. The Bertz CT molecular complexity index is 707. The van der Waals surface area contributed by atoms with Gasteiger partial charge in [-0.2, -0.15) is 0 Å². The third-order valence-electron chi connectivity index (χ3n) is 5.27. The van der Waals surface area contributed by atoms with Crippen molar-refractivity contribution in [3.05, 3.63) is 66.0 Å². The number of carbonyl (C=O) groups excluding carboxylic acids is 1. The number of amides is 1. The summed E-state index contributed by atoms with van der Waals surface area (Å²) in [7, 11) is 1.98. The van der Waals surface area contributed by atoms with E-state index in [0.717, 1.165) is 45.4 Å². The number of aryl methyl sites for hydroxylation is 1. The highest BCUT2D eigenvalue weighted by atomic mass is 16.2. The van der Waals surface area contributed by atoms with Crippen LogP contribution in [0.2, 0.25) is 0 Å². The number of nitrogens with zero attached hydrogens (tertiary/aromatic N) is 3. The zero-order valence-electron chi connectivity index (χ0n) is 16.9. The zero-order valence-corrected chi connectivity index (χ0v) is 16.9. The molecule has 0 unspecified atom stereocenters. The van der Waals surface area contributed by atoms with E-state index in [4.69, 9.17) is 0 Å². The number of likely N-dealkylation sites (N-methyl/N-ethyl adjacent to an activating group) is 1. The molecule has 28 heavy (non-hydrogen) atoms. The van der Waals surface area contributed by atoms with Gasteiger partial charge in [-0.05, 0) is 69.1 Å². The van der Waals surface area contributed by atoms with E-state index in [1.807, 2.05) is 24.1 Å². The zero-order chi connectivity index (χ0) is 19.6. The average molecular weight is 381 g/mol. The van der Waals surface area contributed by atoms with Crippen LogP contribution < -0.4 is 5.32 Å². The van der Waals surface area contributed by atoms with Crippen molar-refractivity contribution in [1.29, 1.82) is 0 Å². The minimum absolute atomic E-state index is 0.118. The number of piperidine rings is 1. The second-order valence-electron chi connectivity index (χ2n) is 7.82. The molecule has 5 heteroatoms. The molecule has 0 radical (unpaired) electrons. The summed E-state index contributed by atoms with van der Waals surface area (Å²) in [6.07, 6.45) is 8.10. The lowest BCUT2D eigenvalue weighted by atomic mass is 10.0. The SMILES string of the molecule is CN(CC(=O)N[C@H]1CCCN(CCCc2ccccc2)C1)Cc1ccncc1. The van der Waals surface area contributed by atoms with Crippen molar-refractivity contribution in [3.63, 3.8) is 0 Å².